The van der Waals surface area contributed by atoms with Gasteiger partial charge in [-0.05, 0) is 12.3 Å². The minimum atomic E-state index is 0.256. The van der Waals surface area contributed by atoms with E-state index in [1.165, 1.54) is 12.8 Å². The summed E-state index contributed by atoms with van der Waals surface area (Å²) >= 11 is 0. The van der Waals surface area contributed by atoms with Crippen LogP contribution in [0.15, 0.2) is 0 Å². The van der Waals surface area contributed by atoms with Crippen molar-refractivity contribution in [3.63, 3.8) is 0 Å². The van der Waals surface area contributed by atoms with E-state index >= 15 is 0 Å². The number of hydrogen-bond donors (Lipinski definition) is 0. The summed E-state index contributed by atoms with van der Waals surface area (Å²) in [6.45, 7) is 7.26. The van der Waals surface area contributed by atoms with Gasteiger partial charge in [0, 0.05) is 20.0 Å². The van der Waals surface area contributed by atoms with Gasteiger partial charge in [-0.3, -0.25) is 4.79 Å². The summed E-state index contributed by atoms with van der Waals surface area (Å²) in [6, 6.07) is 0. The van der Waals surface area contributed by atoms with E-state index in [4.69, 9.17) is 0 Å². The van der Waals surface area contributed by atoms with Crippen molar-refractivity contribution in [2.75, 3.05) is 13.6 Å². The second-order valence-electron chi connectivity index (χ2n) is 3.64. The molecule has 0 aliphatic carbocycles. The minimum Gasteiger partial charge on any atom is -0.346 e. The summed E-state index contributed by atoms with van der Waals surface area (Å²) in [5.41, 5.74) is 0. The summed E-state index contributed by atoms with van der Waals surface area (Å²) < 4.78 is 0. The van der Waals surface area contributed by atoms with Crippen LogP contribution in [0.2, 0.25) is 0 Å². The molecule has 78 valence electrons. The number of hydrogen-bond acceptors (Lipinski definition) is 1. The van der Waals surface area contributed by atoms with Crippen molar-refractivity contribution in [3.05, 3.63) is 0 Å². The van der Waals surface area contributed by atoms with E-state index in [2.05, 4.69) is 13.8 Å². The van der Waals surface area contributed by atoms with Crippen LogP contribution in [0.4, 0.5) is 0 Å². The fourth-order valence-corrected chi connectivity index (χ4v) is 1.47. The molecule has 0 aliphatic rings. The lowest BCUT2D eigenvalue weighted by molar-refractivity contribution is -0.129. The first kappa shape index (κ1) is 12.5. The SMILES string of the molecule is CCC(=O)N(C)CCC(CC)CC. The highest BCUT2D eigenvalue weighted by atomic mass is 16.2. The molecule has 0 heterocycles. The molecule has 0 N–H and O–H groups in total. The predicted octanol–water partition coefficient (Wildman–Crippen LogP) is 2.68. The summed E-state index contributed by atoms with van der Waals surface area (Å²) in [7, 11) is 1.90. The van der Waals surface area contributed by atoms with Gasteiger partial charge in [0.1, 0.15) is 0 Å². The molecule has 0 aromatic rings. The lowest BCUT2D eigenvalue weighted by Crippen LogP contribution is -2.27. The highest BCUT2D eigenvalue weighted by Gasteiger charge is 2.08. The molecule has 0 aromatic heterocycles. The highest BCUT2D eigenvalue weighted by Crippen LogP contribution is 2.12. The van der Waals surface area contributed by atoms with Gasteiger partial charge in [-0.25, -0.2) is 0 Å². The first-order valence-corrected chi connectivity index (χ1v) is 5.39. The fraction of sp³-hybridized carbons (Fsp3) is 0.909. The molecule has 0 saturated heterocycles. The van der Waals surface area contributed by atoms with Gasteiger partial charge in [-0.2, -0.15) is 0 Å². The van der Waals surface area contributed by atoms with E-state index in [9.17, 15) is 4.79 Å². The lowest BCUT2D eigenvalue weighted by atomic mass is 9.99. The lowest BCUT2D eigenvalue weighted by Gasteiger charge is -2.19. The van der Waals surface area contributed by atoms with Gasteiger partial charge in [0.2, 0.25) is 5.91 Å². The van der Waals surface area contributed by atoms with Crippen LogP contribution in [0, 0.1) is 5.92 Å². The topological polar surface area (TPSA) is 20.3 Å². The largest absolute Gasteiger partial charge is 0.346 e. The summed E-state index contributed by atoms with van der Waals surface area (Å²) in [5, 5.41) is 0. The molecule has 13 heavy (non-hydrogen) atoms. The number of carbonyl (C=O) groups is 1. The molecule has 0 saturated carbocycles. The van der Waals surface area contributed by atoms with Gasteiger partial charge < -0.3 is 4.90 Å². The molecule has 0 atom stereocenters. The average molecular weight is 185 g/mol. The summed E-state index contributed by atoms with van der Waals surface area (Å²) in [4.78, 5) is 13.1. The molecule has 0 spiro atoms. The molecule has 0 rings (SSSR count). The van der Waals surface area contributed by atoms with Crippen LogP contribution < -0.4 is 0 Å². The average Bonchev–Trinajstić information content (AvgIpc) is 2.17. The molecule has 0 aromatic carbocycles. The maximum atomic E-state index is 11.2. The van der Waals surface area contributed by atoms with E-state index < -0.39 is 0 Å². The van der Waals surface area contributed by atoms with E-state index in [1.54, 1.807) is 0 Å². The van der Waals surface area contributed by atoms with Crippen LogP contribution in [-0.4, -0.2) is 24.4 Å². The van der Waals surface area contributed by atoms with Crippen molar-refractivity contribution in [2.45, 2.75) is 46.5 Å². The Morgan fingerprint density at radius 1 is 1.23 bits per heavy atom. The minimum absolute atomic E-state index is 0.256. The van der Waals surface area contributed by atoms with E-state index in [1.807, 2.05) is 18.9 Å². The quantitative estimate of drug-likeness (QED) is 0.623. The second kappa shape index (κ2) is 6.93. The zero-order chi connectivity index (χ0) is 10.3. The first-order chi connectivity index (χ1) is 6.15. The smallest absolute Gasteiger partial charge is 0.222 e. The molecule has 0 radical (unpaired) electrons. The molecule has 2 heteroatoms. The van der Waals surface area contributed by atoms with Crippen molar-refractivity contribution >= 4 is 5.91 Å². The zero-order valence-corrected chi connectivity index (χ0v) is 9.47. The maximum Gasteiger partial charge on any atom is 0.222 e. The fourth-order valence-electron chi connectivity index (χ4n) is 1.47. The van der Waals surface area contributed by atoms with Crippen LogP contribution in [0.1, 0.15) is 46.5 Å². The highest BCUT2D eigenvalue weighted by molar-refractivity contribution is 5.75. The number of amides is 1. The normalized spacial score (nSPS) is 10.5. The Bertz CT molecular complexity index is 141. The summed E-state index contributed by atoms with van der Waals surface area (Å²) in [6.07, 6.45) is 4.23. The van der Waals surface area contributed by atoms with Crippen LogP contribution in [-0.2, 0) is 4.79 Å². The number of nitrogens with zero attached hydrogens (tertiary/aromatic N) is 1. The number of rotatable bonds is 6. The van der Waals surface area contributed by atoms with E-state index in [-0.39, 0.29) is 5.91 Å². The zero-order valence-electron chi connectivity index (χ0n) is 9.47. The molecule has 0 bridgehead atoms. The Labute approximate surface area is 82.3 Å². The maximum absolute atomic E-state index is 11.2. The van der Waals surface area contributed by atoms with Crippen molar-refractivity contribution in [3.8, 4) is 0 Å². The van der Waals surface area contributed by atoms with Gasteiger partial charge in [0.25, 0.3) is 0 Å². The predicted molar refractivity (Wildman–Crippen MR) is 56.6 cm³/mol. The first-order valence-electron chi connectivity index (χ1n) is 5.39. The standard InChI is InChI=1S/C11H23NO/c1-5-10(6-2)8-9-12(4)11(13)7-3/h10H,5-9H2,1-4H3. The van der Waals surface area contributed by atoms with E-state index in [0.29, 0.717) is 6.42 Å². The van der Waals surface area contributed by atoms with Gasteiger partial charge >= 0.3 is 0 Å². The molecule has 1 amide bonds. The van der Waals surface area contributed by atoms with Crippen LogP contribution in [0.5, 0.6) is 0 Å². The van der Waals surface area contributed by atoms with Crippen molar-refractivity contribution in [1.82, 2.24) is 4.90 Å². The van der Waals surface area contributed by atoms with Crippen LogP contribution >= 0.6 is 0 Å². The molecular formula is C11H23NO. The number of carbonyl (C=O) groups excluding carboxylic acids is 1. The summed E-state index contributed by atoms with van der Waals surface area (Å²) in [5.74, 6) is 1.04. The van der Waals surface area contributed by atoms with Crippen molar-refractivity contribution in [1.29, 1.82) is 0 Å². The molecule has 2 nitrogen and oxygen atoms in total. The third kappa shape index (κ3) is 4.91. The van der Waals surface area contributed by atoms with Crippen molar-refractivity contribution in [2.24, 2.45) is 5.92 Å². The Morgan fingerprint density at radius 2 is 1.77 bits per heavy atom. The third-order valence-corrected chi connectivity index (χ3v) is 2.76. The molecule has 0 fully saturated rings. The van der Waals surface area contributed by atoms with Crippen LogP contribution in [0.3, 0.4) is 0 Å². The molecule has 0 aliphatic heterocycles. The van der Waals surface area contributed by atoms with Gasteiger partial charge in [-0.1, -0.05) is 33.6 Å². The van der Waals surface area contributed by atoms with Gasteiger partial charge in [-0.15, -0.1) is 0 Å². The third-order valence-electron chi connectivity index (χ3n) is 2.76. The van der Waals surface area contributed by atoms with Crippen LogP contribution in [0.25, 0.3) is 0 Å². The Balaban J connectivity index is 3.67. The Kier molecular flexibility index (Phi) is 6.65. The monoisotopic (exact) mass is 185 g/mol. The Hall–Kier alpha value is -0.530. The second-order valence-corrected chi connectivity index (χ2v) is 3.64. The molecule has 0 unspecified atom stereocenters. The van der Waals surface area contributed by atoms with E-state index in [0.717, 1.165) is 18.9 Å². The Morgan fingerprint density at radius 3 is 2.15 bits per heavy atom. The van der Waals surface area contributed by atoms with Gasteiger partial charge in [0.15, 0.2) is 0 Å². The molecular weight excluding hydrogens is 162 g/mol. The van der Waals surface area contributed by atoms with Gasteiger partial charge in [0.05, 0.1) is 0 Å². The van der Waals surface area contributed by atoms with Crippen molar-refractivity contribution < 1.29 is 4.79 Å².